The summed E-state index contributed by atoms with van der Waals surface area (Å²) in [6.45, 7) is 2.09. The van der Waals surface area contributed by atoms with Crippen molar-refractivity contribution in [2.45, 2.75) is 13.3 Å². The molecular formula is C15H13B4Cl2NO. The van der Waals surface area contributed by atoms with E-state index in [2.05, 4.69) is 35.5 Å². The predicted octanol–water partition coefficient (Wildman–Crippen LogP) is 3.28. The molecule has 0 aliphatic rings. The van der Waals surface area contributed by atoms with Crippen LogP contribution in [0.25, 0.3) is 0 Å². The summed E-state index contributed by atoms with van der Waals surface area (Å²) in [5.74, 6) is -0.206. The van der Waals surface area contributed by atoms with Gasteiger partial charge in [-0.3, -0.25) is 4.79 Å². The lowest BCUT2D eigenvalue weighted by molar-refractivity contribution is 0.102. The van der Waals surface area contributed by atoms with Gasteiger partial charge in [0.05, 0.1) is 10.0 Å². The number of nitrogens with one attached hydrogen (secondary N) is 1. The topological polar surface area (TPSA) is 29.1 Å². The van der Waals surface area contributed by atoms with Gasteiger partial charge in [-0.25, -0.2) is 0 Å². The van der Waals surface area contributed by atoms with Crippen molar-refractivity contribution in [2.75, 3.05) is 5.32 Å². The molecule has 0 heterocycles. The molecular weight excluding hydrogens is 324 g/mol. The molecule has 2 aromatic carbocycles. The number of amides is 1. The van der Waals surface area contributed by atoms with E-state index in [-0.39, 0.29) is 5.91 Å². The predicted molar refractivity (Wildman–Crippen MR) is 103 cm³/mol. The van der Waals surface area contributed by atoms with Crippen LogP contribution in [0.1, 0.15) is 22.8 Å². The van der Waals surface area contributed by atoms with Crippen molar-refractivity contribution in [3.8, 4) is 0 Å². The Morgan fingerprint density at radius 2 is 1.61 bits per heavy atom. The van der Waals surface area contributed by atoms with Crippen molar-refractivity contribution in [3.63, 3.8) is 0 Å². The largest absolute Gasteiger partial charge is 0.322 e. The van der Waals surface area contributed by atoms with Gasteiger partial charge in [-0.15, -0.1) is 0 Å². The second-order valence-corrected chi connectivity index (χ2v) is 5.53. The van der Waals surface area contributed by atoms with Crippen LogP contribution in [-0.4, -0.2) is 35.5 Å². The van der Waals surface area contributed by atoms with Crippen LogP contribution in [0.15, 0.2) is 42.5 Å². The third-order valence-corrected chi connectivity index (χ3v) is 3.54. The lowest BCUT2D eigenvalue weighted by atomic mass is 9.08. The summed E-state index contributed by atoms with van der Waals surface area (Å²) in [5, 5.41) is 3.62. The minimum atomic E-state index is -0.667. The zero-order valence-corrected chi connectivity index (χ0v) is 14.2. The molecule has 2 rings (SSSR count). The molecule has 1 amide bonds. The highest BCUT2D eigenvalue weighted by Crippen LogP contribution is 2.23. The third kappa shape index (κ3) is 7.24. The number of rotatable bonds is 3. The maximum absolute atomic E-state index is 12.0. The molecule has 0 saturated carbocycles. The van der Waals surface area contributed by atoms with Gasteiger partial charge in [-0.05, 0) is 42.3 Å². The summed E-state index contributed by atoms with van der Waals surface area (Å²) in [7, 11) is 14.0. The third-order valence-electron chi connectivity index (χ3n) is 2.80. The highest BCUT2D eigenvalue weighted by atomic mass is 35.5. The molecule has 23 heavy (non-hydrogen) atoms. The van der Waals surface area contributed by atoms with E-state index in [0.29, 0.717) is 15.6 Å². The van der Waals surface area contributed by atoms with Crippen molar-refractivity contribution in [3.05, 3.63) is 63.6 Å². The van der Waals surface area contributed by atoms with Gasteiger partial charge >= 0.3 is 0 Å². The number of aryl methyl sites for hydroxylation is 1. The fourth-order valence-electron chi connectivity index (χ4n) is 1.66. The first kappa shape index (κ1) is 19.8. The van der Waals surface area contributed by atoms with Crippen LogP contribution < -0.4 is 5.32 Å². The number of carbonyl (C=O) groups excluding carboxylic acids is 1. The summed E-state index contributed by atoms with van der Waals surface area (Å²) in [4.78, 5) is 12.0. The number of hydrogen-bond acceptors (Lipinski definition) is 1. The Hall–Kier alpha value is -1.25. The van der Waals surface area contributed by atoms with Crippen LogP contribution in [0.4, 0.5) is 5.69 Å². The fourth-order valence-corrected chi connectivity index (χ4v) is 1.96. The molecule has 8 heteroatoms. The van der Waals surface area contributed by atoms with Gasteiger partial charge in [0, 0.05) is 40.8 Å². The Balaban J connectivity index is 0.000000593. The normalized spacial score (nSPS) is 9.52. The van der Waals surface area contributed by atoms with Crippen LogP contribution in [0, 0.1) is 0 Å². The minimum absolute atomic E-state index is 0.206. The van der Waals surface area contributed by atoms with Crippen LogP contribution in [-0.2, 0) is 6.42 Å². The van der Waals surface area contributed by atoms with E-state index in [1.165, 1.54) is 5.56 Å². The quantitative estimate of drug-likeness (QED) is 0.856. The molecule has 2 nitrogen and oxygen atoms in total. The first-order chi connectivity index (χ1) is 10.8. The van der Waals surface area contributed by atoms with E-state index >= 15 is 0 Å². The van der Waals surface area contributed by atoms with Gasteiger partial charge in [0.15, 0.2) is 0 Å². The molecule has 1 N–H and O–H groups in total. The minimum Gasteiger partial charge on any atom is -0.322 e. The Bertz CT molecular complexity index is 648. The maximum atomic E-state index is 12.0. The SMILES string of the molecule is CCc1ccc(NC(=O)c2ccc(Cl)c(Cl)c2)cc1.[B]B([B])[B]. The monoisotopic (exact) mass is 337 g/mol. The number of halogens is 2. The van der Waals surface area contributed by atoms with Gasteiger partial charge < -0.3 is 5.32 Å². The Labute approximate surface area is 151 Å². The molecule has 6 radical (unpaired) electrons. The molecule has 0 aliphatic carbocycles. The van der Waals surface area contributed by atoms with E-state index < -0.39 is 6.39 Å². The zero-order chi connectivity index (χ0) is 17.4. The van der Waals surface area contributed by atoms with Crippen LogP contribution in [0.3, 0.4) is 0 Å². The van der Waals surface area contributed by atoms with E-state index in [9.17, 15) is 4.79 Å². The second-order valence-electron chi connectivity index (χ2n) is 4.71. The smallest absolute Gasteiger partial charge is 0.255 e. The van der Waals surface area contributed by atoms with Crippen molar-refractivity contribution >= 4 is 64.4 Å². The summed E-state index contributed by atoms with van der Waals surface area (Å²) >= 11 is 11.7. The van der Waals surface area contributed by atoms with Crippen LogP contribution >= 0.6 is 23.2 Å². The summed E-state index contributed by atoms with van der Waals surface area (Å²) in [6, 6.07) is 12.6. The summed E-state index contributed by atoms with van der Waals surface area (Å²) in [6.07, 6.45) is 0.307. The fraction of sp³-hybridized carbons (Fsp3) is 0.133. The molecule has 0 spiro atoms. The molecule has 0 saturated heterocycles. The first-order valence-corrected chi connectivity index (χ1v) is 7.71. The van der Waals surface area contributed by atoms with Gasteiger partial charge in [-0.1, -0.05) is 42.3 Å². The maximum Gasteiger partial charge on any atom is 0.255 e. The van der Waals surface area contributed by atoms with Gasteiger partial charge in [-0.2, -0.15) is 0 Å². The molecule has 0 aliphatic heterocycles. The van der Waals surface area contributed by atoms with Gasteiger partial charge in [0.25, 0.3) is 5.91 Å². The van der Waals surface area contributed by atoms with E-state index in [4.69, 9.17) is 23.2 Å². The van der Waals surface area contributed by atoms with Crippen molar-refractivity contribution < 1.29 is 4.79 Å². The van der Waals surface area contributed by atoms with Crippen molar-refractivity contribution in [1.82, 2.24) is 0 Å². The Morgan fingerprint density at radius 3 is 2.09 bits per heavy atom. The van der Waals surface area contributed by atoms with Crippen LogP contribution in [0.5, 0.6) is 0 Å². The van der Waals surface area contributed by atoms with Crippen molar-refractivity contribution in [1.29, 1.82) is 0 Å². The lowest BCUT2D eigenvalue weighted by Crippen LogP contribution is -2.11. The number of benzene rings is 2. The number of hydrogen-bond donors (Lipinski definition) is 1. The van der Waals surface area contributed by atoms with E-state index in [1.807, 2.05) is 24.3 Å². The average molecular weight is 337 g/mol. The average Bonchev–Trinajstić information content (AvgIpc) is 2.50. The van der Waals surface area contributed by atoms with E-state index in [1.54, 1.807) is 18.2 Å². The van der Waals surface area contributed by atoms with Crippen molar-refractivity contribution in [2.24, 2.45) is 0 Å². The molecule has 2 aromatic rings. The summed E-state index contributed by atoms with van der Waals surface area (Å²) < 4.78 is 0. The highest BCUT2D eigenvalue weighted by Gasteiger charge is 2.08. The zero-order valence-electron chi connectivity index (χ0n) is 12.7. The molecule has 0 atom stereocenters. The standard InChI is InChI=1S/C15H13Cl2NO.B4/c1-2-10-3-6-12(7-4-10)18-15(19)11-5-8-13(16)14(17)9-11;1-4(2)3/h3-9H,2H2,1H3,(H,18,19);. The van der Waals surface area contributed by atoms with Gasteiger partial charge in [0.2, 0.25) is 0 Å². The lowest BCUT2D eigenvalue weighted by Gasteiger charge is -2.07. The highest BCUT2D eigenvalue weighted by molar-refractivity contribution is 7.49. The molecule has 0 bridgehead atoms. The van der Waals surface area contributed by atoms with Crippen LogP contribution in [0.2, 0.25) is 10.0 Å². The molecule has 110 valence electrons. The Kier molecular flexibility index (Phi) is 8.43. The number of carbonyl (C=O) groups is 1. The summed E-state index contributed by atoms with van der Waals surface area (Å²) in [5.41, 5.74) is 2.47. The van der Waals surface area contributed by atoms with E-state index in [0.717, 1.165) is 12.1 Å². The number of anilines is 1. The molecule has 0 aromatic heterocycles. The van der Waals surface area contributed by atoms with Gasteiger partial charge in [0.1, 0.15) is 0 Å². The molecule has 0 fully saturated rings. The molecule has 0 unspecified atom stereocenters. The Morgan fingerprint density at radius 1 is 1.04 bits per heavy atom. The second kappa shape index (κ2) is 9.79. The first-order valence-electron chi connectivity index (χ1n) is 6.95.